The fraction of sp³-hybridized carbons (Fsp3) is 0.400. The summed E-state index contributed by atoms with van der Waals surface area (Å²) < 4.78 is 4.62. The van der Waals surface area contributed by atoms with E-state index in [1.807, 2.05) is 0 Å². The molecule has 0 aromatic rings. The van der Waals surface area contributed by atoms with Crippen LogP contribution < -0.4 is 0 Å². The lowest BCUT2D eigenvalue weighted by molar-refractivity contribution is 0.433. The summed E-state index contributed by atoms with van der Waals surface area (Å²) in [7, 11) is 1.37. The van der Waals surface area contributed by atoms with E-state index >= 15 is 0 Å². The third kappa shape index (κ3) is 2.86. The lowest BCUT2D eigenvalue weighted by Crippen LogP contribution is -2.16. The van der Waals surface area contributed by atoms with E-state index in [1.165, 1.54) is 7.11 Å². The Morgan fingerprint density at radius 3 is 2.60 bits per heavy atom. The second kappa shape index (κ2) is 4.54. The summed E-state index contributed by atoms with van der Waals surface area (Å²) in [4.78, 5) is 0. The molecule has 0 rings (SSSR count). The molecule has 0 amide bonds. The quantitative estimate of drug-likeness (QED) is 0.444. The second-order valence-electron chi connectivity index (χ2n) is 1.65. The molecule has 0 aliphatic rings. The molecule has 0 spiro atoms. The third-order valence-electron chi connectivity index (χ3n) is 0.953. The molecule has 0 saturated carbocycles. The molecule has 0 saturated heterocycles. The first-order chi connectivity index (χ1) is 4.74. The van der Waals surface area contributed by atoms with Gasteiger partial charge in [0.25, 0.3) is 0 Å². The van der Waals surface area contributed by atoms with E-state index in [0.717, 1.165) is 0 Å². The van der Waals surface area contributed by atoms with Crippen LogP contribution in [0.4, 0.5) is 0 Å². The minimum atomic E-state index is -0.660. The maximum Gasteiger partial charge on any atom is 0.420 e. The van der Waals surface area contributed by atoms with Crippen molar-refractivity contribution < 1.29 is 4.65 Å². The number of nitrogens with zero attached hydrogens (tertiary/aromatic N) is 2. The summed E-state index contributed by atoms with van der Waals surface area (Å²) in [5, 5.41) is 23.3. The van der Waals surface area contributed by atoms with Gasteiger partial charge in [-0.05, 0) is 0 Å². The van der Waals surface area contributed by atoms with Gasteiger partial charge in [-0.15, -0.1) is 0 Å². The summed E-state index contributed by atoms with van der Waals surface area (Å²) in [6, 6.07) is 1.62. The predicted octanol–water partition coefficient (Wildman–Crippen LogP) is 0.230. The number of nitrogens with one attached hydrogen (secondary N) is 1. The van der Waals surface area contributed by atoms with E-state index in [4.69, 9.17) is 15.9 Å². The van der Waals surface area contributed by atoms with Crippen LogP contribution in [0.2, 0.25) is 6.32 Å². The summed E-state index contributed by atoms with van der Waals surface area (Å²) in [6.07, 6.45) is 0.0729. The average Bonchev–Trinajstić information content (AvgIpc) is 1.99. The zero-order valence-corrected chi connectivity index (χ0v) is 5.59. The van der Waals surface area contributed by atoms with Crippen molar-refractivity contribution in [1.29, 1.82) is 15.9 Å². The van der Waals surface area contributed by atoms with Crippen molar-refractivity contribution in [2.75, 3.05) is 7.11 Å². The highest BCUT2D eigenvalue weighted by molar-refractivity contribution is 6.64. The van der Waals surface area contributed by atoms with Crippen molar-refractivity contribution >= 4 is 12.6 Å². The first-order valence-corrected chi connectivity index (χ1v) is 2.64. The van der Waals surface area contributed by atoms with Gasteiger partial charge in [0.1, 0.15) is 11.8 Å². The Bertz CT molecular complexity index is 202. The van der Waals surface area contributed by atoms with E-state index in [1.54, 1.807) is 12.0 Å². The molecule has 10 heavy (non-hydrogen) atoms. The van der Waals surface area contributed by atoms with Crippen LogP contribution in [0.1, 0.15) is 0 Å². The van der Waals surface area contributed by atoms with Crippen molar-refractivity contribution in [2.45, 2.75) is 6.32 Å². The Kier molecular flexibility index (Phi) is 3.94. The minimum absolute atomic E-state index is 0.0729. The van der Waals surface area contributed by atoms with Gasteiger partial charge in [-0.25, -0.2) is 5.26 Å². The van der Waals surface area contributed by atoms with E-state index in [-0.39, 0.29) is 12.0 Å². The number of rotatable bonds is 3. The van der Waals surface area contributed by atoms with E-state index in [9.17, 15) is 0 Å². The summed E-state index contributed by atoms with van der Waals surface area (Å²) in [6.45, 7) is -0.660. The van der Waals surface area contributed by atoms with Crippen LogP contribution in [0.5, 0.6) is 0 Å². The number of hydrogen-bond acceptors (Lipinski definition) is 4. The zero-order chi connectivity index (χ0) is 7.98. The second-order valence-corrected chi connectivity index (χ2v) is 1.65. The van der Waals surface area contributed by atoms with Crippen LogP contribution in [0.3, 0.4) is 0 Å². The molecule has 0 aliphatic carbocycles. The molecule has 0 aliphatic heterocycles. The number of nitriles is 2. The fourth-order valence-corrected chi connectivity index (χ4v) is 0.413. The molecule has 50 valence electrons. The molecule has 0 fully saturated rings. The van der Waals surface area contributed by atoms with E-state index < -0.39 is 6.92 Å². The topological polar surface area (TPSA) is 80.7 Å². The first-order valence-electron chi connectivity index (χ1n) is 2.64. The largest absolute Gasteiger partial charge is 0.425 e. The van der Waals surface area contributed by atoms with E-state index in [0.29, 0.717) is 0 Å². The Morgan fingerprint density at radius 1 is 1.70 bits per heavy atom. The van der Waals surface area contributed by atoms with Gasteiger partial charge in [-0.2, -0.15) is 5.26 Å². The van der Waals surface area contributed by atoms with Crippen LogP contribution in [-0.4, -0.2) is 19.7 Å². The first kappa shape index (κ1) is 8.67. The van der Waals surface area contributed by atoms with Gasteiger partial charge in [0.05, 0.1) is 0 Å². The zero-order valence-electron chi connectivity index (χ0n) is 5.59. The molecular formula is C5H6BN3O. The molecule has 0 radical (unpaired) electrons. The van der Waals surface area contributed by atoms with Crippen molar-refractivity contribution in [3.8, 4) is 12.0 Å². The Labute approximate surface area is 59.6 Å². The maximum atomic E-state index is 8.29. The Balaban J connectivity index is 3.80. The highest BCUT2D eigenvalue weighted by Crippen LogP contribution is 1.92. The third-order valence-corrected chi connectivity index (χ3v) is 0.953. The van der Waals surface area contributed by atoms with Crippen molar-refractivity contribution in [3.05, 3.63) is 0 Å². The molecular weight excluding hydrogens is 129 g/mol. The lowest BCUT2D eigenvalue weighted by atomic mass is 9.65. The molecule has 0 aromatic heterocycles. The average molecular weight is 135 g/mol. The van der Waals surface area contributed by atoms with Crippen LogP contribution >= 0.6 is 0 Å². The molecule has 0 heterocycles. The fourth-order valence-electron chi connectivity index (χ4n) is 0.413. The smallest absolute Gasteiger partial charge is 0.420 e. The Hall–Kier alpha value is -1.33. The summed E-state index contributed by atoms with van der Waals surface area (Å²) in [5.74, 6) is 1.80. The monoisotopic (exact) mass is 135 g/mol. The SMILES string of the molecule is COB(C#N)CC(=N)C#N. The lowest BCUT2D eigenvalue weighted by Gasteiger charge is -1.96. The van der Waals surface area contributed by atoms with Crippen LogP contribution in [0, 0.1) is 28.0 Å². The molecule has 0 unspecified atom stereocenters. The van der Waals surface area contributed by atoms with Gasteiger partial charge >= 0.3 is 6.92 Å². The van der Waals surface area contributed by atoms with Crippen LogP contribution in [0.25, 0.3) is 0 Å². The maximum absolute atomic E-state index is 8.29. The minimum Gasteiger partial charge on any atom is -0.425 e. The number of hydrogen-bond donors (Lipinski definition) is 1. The normalized spacial score (nSPS) is 7.50. The highest BCUT2D eigenvalue weighted by atomic mass is 16.4. The van der Waals surface area contributed by atoms with Gasteiger partial charge in [0, 0.05) is 19.4 Å². The predicted molar refractivity (Wildman–Crippen MR) is 36.5 cm³/mol. The van der Waals surface area contributed by atoms with Crippen LogP contribution in [0.15, 0.2) is 0 Å². The Morgan fingerprint density at radius 2 is 2.30 bits per heavy atom. The van der Waals surface area contributed by atoms with Crippen molar-refractivity contribution in [3.63, 3.8) is 0 Å². The van der Waals surface area contributed by atoms with Gasteiger partial charge in [0.2, 0.25) is 0 Å². The molecule has 1 N–H and O–H groups in total. The standard InChI is InChI=1S/C5H6BN3O/c1-10-6(4-8)2-5(9)3-7/h9H,2H2,1H3. The summed E-state index contributed by atoms with van der Waals surface area (Å²) in [5.41, 5.74) is -0.131. The molecule has 0 atom stereocenters. The summed E-state index contributed by atoms with van der Waals surface area (Å²) >= 11 is 0. The molecule has 4 nitrogen and oxygen atoms in total. The van der Waals surface area contributed by atoms with E-state index in [2.05, 4.69) is 4.65 Å². The van der Waals surface area contributed by atoms with Gasteiger partial charge in [-0.1, -0.05) is 0 Å². The molecule has 0 bridgehead atoms. The molecule has 0 aromatic carbocycles. The highest BCUT2D eigenvalue weighted by Gasteiger charge is 2.15. The van der Waals surface area contributed by atoms with Crippen LogP contribution in [-0.2, 0) is 4.65 Å². The van der Waals surface area contributed by atoms with Crippen molar-refractivity contribution in [2.24, 2.45) is 0 Å². The van der Waals surface area contributed by atoms with Gasteiger partial charge in [-0.3, -0.25) is 5.41 Å². The molecule has 5 heteroatoms. The van der Waals surface area contributed by atoms with Gasteiger partial charge < -0.3 is 4.65 Å². The van der Waals surface area contributed by atoms with Crippen molar-refractivity contribution in [1.82, 2.24) is 0 Å². The van der Waals surface area contributed by atoms with Gasteiger partial charge in [0.15, 0.2) is 0 Å².